The van der Waals surface area contributed by atoms with Crippen LogP contribution in [0.2, 0.25) is 0 Å². The van der Waals surface area contributed by atoms with Gasteiger partial charge in [0.15, 0.2) is 6.61 Å². The third-order valence-electron chi connectivity index (χ3n) is 3.44. The highest BCUT2D eigenvalue weighted by molar-refractivity contribution is 9.10. The van der Waals surface area contributed by atoms with Crippen LogP contribution in [0.4, 0.5) is 0 Å². The quantitative estimate of drug-likeness (QED) is 0.419. The third-order valence-corrected chi connectivity index (χ3v) is 4.46. The van der Waals surface area contributed by atoms with E-state index in [1.54, 1.807) is 18.3 Å². The molecule has 0 bridgehead atoms. The molecule has 0 radical (unpaired) electrons. The molecule has 0 fully saturated rings. The van der Waals surface area contributed by atoms with Crippen LogP contribution in [0.1, 0.15) is 5.69 Å². The summed E-state index contributed by atoms with van der Waals surface area (Å²) in [7, 11) is 0. The third kappa shape index (κ3) is 5.06. The molecule has 1 heterocycles. The van der Waals surface area contributed by atoms with Gasteiger partial charge in [-0.2, -0.15) is 5.10 Å². The maximum Gasteiger partial charge on any atom is 0.277 e. The Balaban J connectivity index is 1.56. The molecular formula is C19H15Br2N3O2. The van der Waals surface area contributed by atoms with Gasteiger partial charge in [-0.1, -0.05) is 37.9 Å². The van der Waals surface area contributed by atoms with Gasteiger partial charge < -0.3 is 9.30 Å². The van der Waals surface area contributed by atoms with Crippen molar-refractivity contribution in [1.82, 2.24) is 9.99 Å². The normalized spacial score (nSPS) is 10.8. The highest BCUT2D eigenvalue weighted by Crippen LogP contribution is 2.17. The Labute approximate surface area is 167 Å². The lowest BCUT2D eigenvalue weighted by Crippen LogP contribution is -2.24. The van der Waals surface area contributed by atoms with E-state index in [-0.39, 0.29) is 12.5 Å². The second-order valence-corrected chi connectivity index (χ2v) is 7.15. The summed E-state index contributed by atoms with van der Waals surface area (Å²) in [5, 5.41) is 4.00. The summed E-state index contributed by atoms with van der Waals surface area (Å²) in [6, 6.07) is 19.0. The van der Waals surface area contributed by atoms with Crippen LogP contribution in [0.25, 0.3) is 5.69 Å². The van der Waals surface area contributed by atoms with Gasteiger partial charge in [0.2, 0.25) is 0 Å². The second-order valence-electron chi connectivity index (χ2n) is 5.32. The number of carbonyl (C=O) groups is 1. The predicted molar refractivity (Wildman–Crippen MR) is 109 cm³/mol. The fourth-order valence-corrected chi connectivity index (χ4v) is 2.89. The van der Waals surface area contributed by atoms with Crippen molar-refractivity contribution in [2.45, 2.75) is 0 Å². The molecule has 0 saturated carbocycles. The Morgan fingerprint density at radius 2 is 1.88 bits per heavy atom. The lowest BCUT2D eigenvalue weighted by molar-refractivity contribution is -0.123. The standard InChI is InChI=1S/C19H15Br2N3O2/c20-14-6-8-18(9-7-14)26-13-19(25)23-22-12-17-5-2-10-24(17)16-4-1-3-15(21)11-16/h1-12H,13H2,(H,23,25)/b22-12-. The molecule has 0 unspecified atom stereocenters. The zero-order valence-electron chi connectivity index (χ0n) is 13.6. The van der Waals surface area contributed by atoms with Crippen molar-refractivity contribution in [2.75, 3.05) is 6.61 Å². The summed E-state index contributed by atoms with van der Waals surface area (Å²) in [6.45, 7) is -0.106. The van der Waals surface area contributed by atoms with Gasteiger partial charge >= 0.3 is 0 Å². The number of halogens is 2. The Kier molecular flexibility index (Phi) is 6.25. The molecule has 2 aromatic carbocycles. The number of ether oxygens (including phenoxy) is 1. The maximum absolute atomic E-state index is 11.8. The van der Waals surface area contributed by atoms with E-state index in [4.69, 9.17) is 4.74 Å². The summed E-state index contributed by atoms with van der Waals surface area (Å²) in [5.74, 6) is 0.292. The van der Waals surface area contributed by atoms with Crippen LogP contribution in [0, 0.1) is 0 Å². The minimum absolute atomic E-state index is 0.106. The molecule has 0 aliphatic heterocycles. The van der Waals surface area contributed by atoms with Crippen LogP contribution in [0.15, 0.2) is 80.9 Å². The number of nitrogens with one attached hydrogen (secondary N) is 1. The molecule has 5 nitrogen and oxygen atoms in total. The largest absolute Gasteiger partial charge is 0.484 e. The van der Waals surface area contributed by atoms with E-state index in [2.05, 4.69) is 42.4 Å². The first-order chi connectivity index (χ1) is 12.6. The first kappa shape index (κ1) is 18.4. The fraction of sp³-hybridized carbons (Fsp3) is 0.0526. The van der Waals surface area contributed by atoms with E-state index in [9.17, 15) is 4.79 Å². The van der Waals surface area contributed by atoms with Crippen molar-refractivity contribution in [3.63, 3.8) is 0 Å². The van der Waals surface area contributed by atoms with Gasteiger partial charge in [-0.3, -0.25) is 4.79 Å². The summed E-state index contributed by atoms with van der Waals surface area (Å²) in [4.78, 5) is 11.8. The average molecular weight is 477 g/mol. The molecule has 1 aromatic heterocycles. The van der Waals surface area contributed by atoms with Crippen molar-refractivity contribution in [3.8, 4) is 11.4 Å². The molecule has 26 heavy (non-hydrogen) atoms. The van der Waals surface area contributed by atoms with Gasteiger partial charge in [-0.15, -0.1) is 0 Å². The zero-order valence-corrected chi connectivity index (χ0v) is 16.8. The molecule has 0 aliphatic rings. The molecule has 7 heteroatoms. The van der Waals surface area contributed by atoms with Gasteiger partial charge in [0.1, 0.15) is 5.75 Å². The number of hydrogen-bond donors (Lipinski definition) is 1. The van der Waals surface area contributed by atoms with Crippen molar-refractivity contribution in [3.05, 3.63) is 81.5 Å². The predicted octanol–water partition coefficient (Wildman–Crippen LogP) is 4.53. The lowest BCUT2D eigenvalue weighted by Gasteiger charge is -2.07. The number of hydrazone groups is 1. The van der Waals surface area contributed by atoms with E-state index in [0.717, 1.165) is 20.3 Å². The van der Waals surface area contributed by atoms with Gasteiger partial charge in [0.25, 0.3) is 5.91 Å². The van der Waals surface area contributed by atoms with E-state index in [0.29, 0.717) is 5.75 Å². The number of nitrogens with zero attached hydrogens (tertiary/aromatic N) is 2. The topological polar surface area (TPSA) is 55.6 Å². The van der Waals surface area contributed by atoms with Crippen molar-refractivity contribution in [2.24, 2.45) is 5.10 Å². The lowest BCUT2D eigenvalue weighted by atomic mass is 10.3. The average Bonchev–Trinajstić information content (AvgIpc) is 3.10. The number of hydrogen-bond acceptors (Lipinski definition) is 3. The van der Waals surface area contributed by atoms with Crippen LogP contribution < -0.4 is 10.2 Å². The van der Waals surface area contributed by atoms with Crippen molar-refractivity contribution < 1.29 is 9.53 Å². The monoisotopic (exact) mass is 475 g/mol. The number of amides is 1. The van der Waals surface area contributed by atoms with E-state index >= 15 is 0 Å². The smallest absolute Gasteiger partial charge is 0.277 e. The Morgan fingerprint density at radius 1 is 1.08 bits per heavy atom. The van der Waals surface area contributed by atoms with Crippen LogP contribution in [0.5, 0.6) is 5.75 Å². The van der Waals surface area contributed by atoms with Crippen LogP contribution in [0.3, 0.4) is 0 Å². The number of benzene rings is 2. The highest BCUT2D eigenvalue weighted by atomic mass is 79.9. The number of aromatic nitrogens is 1. The van der Waals surface area contributed by atoms with Crippen LogP contribution in [-0.2, 0) is 4.79 Å². The fourth-order valence-electron chi connectivity index (χ4n) is 2.24. The molecule has 3 aromatic rings. The molecular weight excluding hydrogens is 462 g/mol. The molecule has 1 amide bonds. The molecule has 132 valence electrons. The van der Waals surface area contributed by atoms with Crippen LogP contribution in [-0.4, -0.2) is 23.3 Å². The molecule has 0 atom stereocenters. The molecule has 0 saturated heterocycles. The van der Waals surface area contributed by atoms with Gasteiger partial charge in [-0.25, -0.2) is 5.43 Å². The Bertz CT molecular complexity index is 921. The number of carbonyl (C=O) groups excluding carboxylic acids is 1. The minimum Gasteiger partial charge on any atom is -0.484 e. The van der Waals surface area contributed by atoms with Gasteiger partial charge in [-0.05, 0) is 54.6 Å². The molecule has 1 N–H and O–H groups in total. The second kappa shape index (κ2) is 8.82. The van der Waals surface area contributed by atoms with E-state index in [1.807, 2.05) is 59.3 Å². The van der Waals surface area contributed by atoms with E-state index in [1.165, 1.54) is 0 Å². The minimum atomic E-state index is -0.329. The first-order valence-corrected chi connectivity index (χ1v) is 9.34. The SMILES string of the molecule is O=C(COc1ccc(Br)cc1)N/N=C\c1cccn1-c1cccc(Br)c1. The number of rotatable bonds is 6. The van der Waals surface area contributed by atoms with E-state index < -0.39 is 0 Å². The summed E-state index contributed by atoms with van der Waals surface area (Å²) < 4.78 is 9.31. The Hall–Kier alpha value is -2.38. The van der Waals surface area contributed by atoms with Gasteiger partial charge in [0, 0.05) is 20.8 Å². The molecule has 3 rings (SSSR count). The summed E-state index contributed by atoms with van der Waals surface area (Å²) >= 11 is 6.81. The summed E-state index contributed by atoms with van der Waals surface area (Å²) in [5.41, 5.74) is 4.31. The Morgan fingerprint density at radius 3 is 2.65 bits per heavy atom. The van der Waals surface area contributed by atoms with Gasteiger partial charge in [0.05, 0.1) is 11.9 Å². The molecule has 0 aliphatic carbocycles. The first-order valence-electron chi connectivity index (χ1n) is 7.75. The van der Waals surface area contributed by atoms with Crippen LogP contribution >= 0.6 is 31.9 Å². The summed E-state index contributed by atoms with van der Waals surface area (Å²) in [6.07, 6.45) is 3.53. The zero-order chi connectivity index (χ0) is 18.4. The molecule has 0 spiro atoms. The van der Waals surface area contributed by atoms with Crippen molar-refractivity contribution in [1.29, 1.82) is 0 Å². The maximum atomic E-state index is 11.8. The van der Waals surface area contributed by atoms with Crippen molar-refractivity contribution >= 4 is 44.0 Å². The highest BCUT2D eigenvalue weighted by Gasteiger charge is 2.03.